The molecule has 0 aromatic rings. The molecule has 0 nitrogen and oxygen atoms in total. The molecule has 0 aromatic heterocycles. The van der Waals surface area contributed by atoms with E-state index >= 15 is 0 Å². The van der Waals surface area contributed by atoms with Gasteiger partial charge in [0.25, 0.3) is 0 Å². The van der Waals surface area contributed by atoms with E-state index in [1.165, 1.54) is 18.4 Å². The van der Waals surface area contributed by atoms with E-state index in [4.69, 9.17) is 11.6 Å². The molecule has 0 spiro atoms. The van der Waals surface area contributed by atoms with Gasteiger partial charge in [0.05, 0.1) is 0 Å². The fourth-order valence-electron chi connectivity index (χ4n) is 1.82. The van der Waals surface area contributed by atoms with Gasteiger partial charge in [-0.3, -0.25) is 0 Å². The maximum absolute atomic E-state index is 6.12. The third kappa shape index (κ3) is 1.33. The molecule has 0 N–H and O–H groups in total. The van der Waals surface area contributed by atoms with Crippen molar-refractivity contribution in [3.05, 3.63) is 22.8 Å². The fraction of sp³-hybridized carbons (Fsp3) is 0.636. The second-order valence-corrected chi connectivity index (χ2v) is 4.87. The van der Waals surface area contributed by atoms with Crippen LogP contribution in [0.25, 0.3) is 0 Å². The van der Waals surface area contributed by atoms with Crippen LogP contribution in [0.2, 0.25) is 0 Å². The Morgan fingerprint density at radius 3 is 2.67 bits per heavy atom. The van der Waals surface area contributed by atoms with Crippen molar-refractivity contribution in [2.24, 2.45) is 11.3 Å². The first-order chi connectivity index (χ1) is 5.62. The Morgan fingerprint density at radius 2 is 2.17 bits per heavy atom. The van der Waals surface area contributed by atoms with Gasteiger partial charge in [-0.1, -0.05) is 30.7 Å². The van der Waals surface area contributed by atoms with Gasteiger partial charge in [-0.2, -0.15) is 0 Å². The van der Waals surface area contributed by atoms with E-state index < -0.39 is 0 Å². The molecular weight excluding hydrogens is 168 g/mol. The molecular formula is C11H15Cl. The summed E-state index contributed by atoms with van der Waals surface area (Å²) in [5.41, 5.74) is 1.83. The lowest BCUT2D eigenvalue weighted by Crippen LogP contribution is -2.12. The topological polar surface area (TPSA) is 0 Å². The average molecular weight is 183 g/mol. The highest BCUT2D eigenvalue weighted by Gasteiger charge is 2.44. The number of hydrogen-bond acceptors (Lipinski definition) is 0. The zero-order chi connectivity index (χ0) is 8.77. The minimum atomic E-state index is 0.581. The van der Waals surface area contributed by atoms with Crippen LogP contribution in [0.15, 0.2) is 22.8 Å². The summed E-state index contributed by atoms with van der Waals surface area (Å²) in [6.07, 6.45) is 8.35. The molecule has 0 radical (unpaired) electrons. The predicted molar refractivity (Wildman–Crippen MR) is 53.1 cm³/mol. The molecule has 0 saturated heterocycles. The zero-order valence-corrected chi connectivity index (χ0v) is 8.49. The van der Waals surface area contributed by atoms with E-state index in [-0.39, 0.29) is 0 Å². The quantitative estimate of drug-likeness (QED) is 0.578. The molecule has 1 heteroatoms. The first kappa shape index (κ1) is 8.37. The lowest BCUT2D eigenvalue weighted by atomic mass is 9.84. The standard InChI is InChI=1S/C11H15Cl/c1-8-3-4-9(7-10(8)12)11(2)5-6-11/h3-4,9H,5-7H2,1-2H3. The van der Waals surface area contributed by atoms with Gasteiger partial charge in [-0.15, -0.1) is 0 Å². The number of hydrogen-bond donors (Lipinski definition) is 0. The van der Waals surface area contributed by atoms with Crippen molar-refractivity contribution in [2.45, 2.75) is 33.1 Å². The second-order valence-electron chi connectivity index (χ2n) is 4.41. The minimum Gasteiger partial charge on any atom is -0.0888 e. The number of allylic oxidation sites excluding steroid dienone is 4. The summed E-state index contributed by atoms with van der Waals surface area (Å²) < 4.78 is 0. The molecule has 0 heterocycles. The average Bonchev–Trinajstić information content (AvgIpc) is 2.75. The molecule has 1 atom stereocenters. The van der Waals surface area contributed by atoms with Crippen molar-refractivity contribution in [1.82, 2.24) is 0 Å². The third-order valence-electron chi connectivity index (χ3n) is 3.34. The monoisotopic (exact) mass is 182 g/mol. The lowest BCUT2D eigenvalue weighted by Gasteiger charge is -2.23. The van der Waals surface area contributed by atoms with Gasteiger partial charge in [0.1, 0.15) is 0 Å². The summed E-state index contributed by atoms with van der Waals surface area (Å²) in [6, 6.07) is 0. The molecule has 0 aliphatic heterocycles. The van der Waals surface area contributed by atoms with Crippen molar-refractivity contribution in [3.8, 4) is 0 Å². The molecule has 0 bridgehead atoms. The number of halogens is 1. The van der Waals surface area contributed by atoms with E-state index in [1.807, 2.05) is 0 Å². The molecule has 1 unspecified atom stereocenters. The summed E-state index contributed by atoms with van der Waals surface area (Å²) >= 11 is 6.12. The van der Waals surface area contributed by atoms with E-state index in [1.54, 1.807) is 0 Å². The summed E-state index contributed by atoms with van der Waals surface area (Å²) in [6.45, 7) is 4.46. The van der Waals surface area contributed by atoms with Crippen molar-refractivity contribution in [3.63, 3.8) is 0 Å². The first-order valence-corrected chi connectivity index (χ1v) is 5.03. The summed E-state index contributed by atoms with van der Waals surface area (Å²) in [5, 5.41) is 1.07. The molecule has 0 aromatic carbocycles. The van der Waals surface area contributed by atoms with E-state index in [0.717, 1.165) is 11.5 Å². The highest BCUT2D eigenvalue weighted by molar-refractivity contribution is 6.30. The maximum Gasteiger partial charge on any atom is 0.0216 e. The minimum absolute atomic E-state index is 0.581. The highest BCUT2D eigenvalue weighted by atomic mass is 35.5. The van der Waals surface area contributed by atoms with Crippen LogP contribution in [0, 0.1) is 11.3 Å². The van der Waals surface area contributed by atoms with E-state index in [9.17, 15) is 0 Å². The summed E-state index contributed by atoms with van der Waals surface area (Å²) in [4.78, 5) is 0. The smallest absolute Gasteiger partial charge is 0.0216 e. The lowest BCUT2D eigenvalue weighted by molar-refractivity contribution is 0.404. The molecule has 2 aliphatic carbocycles. The van der Waals surface area contributed by atoms with Crippen LogP contribution in [0.1, 0.15) is 33.1 Å². The van der Waals surface area contributed by atoms with E-state index in [0.29, 0.717) is 11.3 Å². The van der Waals surface area contributed by atoms with Crippen molar-refractivity contribution < 1.29 is 0 Å². The van der Waals surface area contributed by atoms with Crippen LogP contribution >= 0.6 is 11.6 Å². The Labute approximate surface area is 79.3 Å². The van der Waals surface area contributed by atoms with Crippen LogP contribution < -0.4 is 0 Å². The summed E-state index contributed by atoms with van der Waals surface area (Å²) in [5.74, 6) is 0.702. The Hall–Kier alpha value is -0.230. The molecule has 12 heavy (non-hydrogen) atoms. The third-order valence-corrected chi connectivity index (χ3v) is 3.79. The van der Waals surface area contributed by atoms with Gasteiger partial charge in [0.2, 0.25) is 0 Å². The SMILES string of the molecule is CC1=C(Cl)CC(C2(C)CC2)C=C1. The van der Waals surface area contributed by atoms with Crippen LogP contribution in [-0.2, 0) is 0 Å². The van der Waals surface area contributed by atoms with E-state index in [2.05, 4.69) is 26.0 Å². The molecule has 2 rings (SSSR count). The first-order valence-electron chi connectivity index (χ1n) is 4.65. The largest absolute Gasteiger partial charge is 0.0888 e. The van der Waals surface area contributed by atoms with Crippen LogP contribution in [0.4, 0.5) is 0 Å². The fourth-order valence-corrected chi connectivity index (χ4v) is 2.05. The zero-order valence-electron chi connectivity index (χ0n) is 7.73. The van der Waals surface area contributed by atoms with Crippen LogP contribution in [0.5, 0.6) is 0 Å². The van der Waals surface area contributed by atoms with Crippen molar-refractivity contribution in [2.75, 3.05) is 0 Å². The molecule has 0 amide bonds. The van der Waals surface area contributed by atoms with Gasteiger partial charge in [0, 0.05) is 5.03 Å². The van der Waals surface area contributed by atoms with Gasteiger partial charge < -0.3 is 0 Å². The van der Waals surface area contributed by atoms with Crippen LogP contribution in [0.3, 0.4) is 0 Å². The van der Waals surface area contributed by atoms with Gasteiger partial charge in [-0.05, 0) is 43.1 Å². The highest BCUT2D eigenvalue weighted by Crippen LogP contribution is 2.55. The van der Waals surface area contributed by atoms with Crippen molar-refractivity contribution >= 4 is 11.6 Å². The predicted octanol–water partition coefficient (Wildman–Crippen LogP) is 3.88. The van der Waals surface area contributed by atoms with Gasteiger partial charge in [-0.25, -0.2) is 0 Å². The van der Waals surface area contributed by atoms with Gasteiger partial charge in [0.15, 0.2) is 0 Å². The Morgan fingerprint density at radius 1 is 1.50 bits per heavy atom. The normalized spacial score (nSPS) is 32.4. The second kappa shape index (κ2) is 2.63. The Bertz CT molecular complexity index is 256. The van der Waals surface area contributed by atoms with Crippen molar-refractivity contribution in [1.29, 1.82) is 0 Å². The maximum atomic E-state index is 6.12. The Kier molecular flexibility index (Phi) is 1.84. The molecule has 66 valence electrons. The molecule has 1 saturated carbocycles. The molecule has 1 fully saturated rings. The van der Waals surface area contributed by atoms with Gasteiger partial charge >= 0.3 is 0 Å². The summed E-state index contributed by atoms with van der Waals surface area (Å²) in [7, 11) is 0. The Balaban J connectivity index is 2.12. The number of rotatable bonds is 1. The molecule has 2 aliphatic rings. The van der Waals surface area contributed by atoms with Crippen LogP contribution in [-0.4, -0.2) is 0 Å².